The van der Waals surface area contributed by atoms with Crippen molar-refractivity contribution in [2.75, 3.05) is 37.7 Å². The summed E-state index contributed by atoms with van der Waals surface area (Å²) in [7, 11) is 0. The third-order valence-electron chi connectivity index (χ3n) is 5.57. The molecule has 164 valence electrons. The average molecular weight is 406 g/mol. The highest BCUT2D eigenvalue weighted by Crippen LogP contribution is 2.37. The monoisotopic (exact) mass is 405 g/mol. The largest absolute Gasteiger partial charge is 0.412 e. The highest BCUT2D eigenvalue weighted by molar-refractivity contribution is 5.71. The molecule has 0 aliphatic carbocycles. The van der Waals surface area contributed by atoms with E-state index in [0.29, 0.717) is 25.5 Å². The molecule has 1 aromatic rings. The van der Waals surface area contributed by atoms with Crippen molar-refractivity contribution < 1.29 is 14.3 Å². The van der Waals surface area contributed by atoms with Gasteiger partial charge in [-0.25, -0.2) is 9.78 Å². The Kier molecular flexibility index (Phi) is 7.92. The molecule has 2 heterocycles. The van der Waals surface area contributed by atoms with Crippen molar-refractivity contribution in [2.45, 2.75) is 73.1 Å². The summed E-state index contributed by atoms with van der Waals surface area (Å²) in [6.07, 6.45) is 2.47. The van der Waals surface area contributed by atoms with Crippen LogP contribution in [-0.4, -0.2) is 43.9 Å². The van der Waals surface area contributed by atoms with E-state index in [0.717, 1.165) is 49.4 Å². The Morgan fingerprint density at radius 2 is 1.90 bits per heavy atom. The molecule has 6 heteroatoms. The van der Waals surface area contributed by atoms with Crippen LogP contribution in [0.4, 0.5) is 10.6 Å². The lowest BCUT2D eigenvalue weighted by atomic mass is 9.84. The lowest BCUT2D eigenvalue weighted by molar-refractivity contribution is 0.122. The summed E-state index contributed by atoms with van der Waals surface area (Å²) in [5, 5.41) is 2.89. The number of carbonyl (C=O) groups is 1. The number of aromatic nitrogens is 1. The lowest BCUT2D eigenvalue weighted by Gasteiger charge is -2.31. The van der Waals surface area contributed by atoms with Crippen molar-refractivity contribution in [1.82, 2.24) is 10.3 Å². The standard InChI is InChI=1S/C23H39N3O3/c1-8-23(6,7)20-19(29-21(27)24-11-9-10-22(3,4)5)17(2)16-18(25-20)26-12-14-28-15-13-26/h16H,8-15H2,1-7H3,(H,24,27). The average Bonchev–Trinajstić information content (AvgIpc) is 2.66. The van der Waals surface area contributed by atoms with Gasteiger partial charge in [0.05, 0.1) is 18.9 Å². The van der Waals surface area contributed by atoms with E-state index in [4.69, 9.17) is 14.5 Å². The smallest absolute Gasteiger partial charge is 0.408 e. The fraction of sp³-hybridized carbons (Fsp3) is 0.739. The number of nitrogens with one attached hydrogen (secondary N) is 1. The Morgan fingerprint density at radius 1 is 1.24 bits per heavy atom. The fourth-order valence-electron chi connectivity index (χ4n) is 3.29. The van der Waals surface area contributed by atoms with Gasteiger partial charge in [0, 0.05) is 25.0 Å². The highest BCUT2D eigenvalue weighted by Gasteiger charge is 2.29. The quantitative estimate of drug-likeness (QED) is 0.658. The second-order valence-electron chi connectivity index (χ2n) is 9.79. The maximum Gasteiger partial charge on any atom is 0.412 e. The van der Waals surface area contributed by atoms with Crippen molar-refractivity contribution >= 4 is 11.9 Å². The van der Waals surface area contributed by atoms with Crippen LogP contribution in [0, 0.1) is 12.3 Å². The van der Waals surface area contributed by atoms with Crippen molar-refractivity contribution in [2.24, 2.45) is 5.41 Å². The van der Waals surface area contributed by atoms with Gasteiger partial charge in [-0.1, -0.05) is 41.5 Å². The molecule has 1 aliphatic heterocycles. The summed E-state index contributed by atoms with van der Waals surface area (Å²) in [6, 6.07) is 2.02. The first-order valence-electron chi connectivity index (χ1n) is 10.8. The highest BCUT2D eigenvalue weighted by atomic mass is 16.6. The molecule has 0 atom stereocenters. The molecule has 29 heavy (non-hydrogen) atoms. The van der Waals surface area contributed by atoms with Gasteiger partial charge in [0.1, 0.15) is 5.82 Å². The zero-order valence-electron chi connectivity index (χ0n) is 19.4. The molecule has 1 N–H and O–H groups in total. The first-order chi connectivity index (χ1) is 13.5. The number of hydrogen-bond donors (Lipinski definition) is 1. The van der Waals surface area contributed by atoms with E-state index in [1.807, 2.05) is 13.0 Å². The summed E-state index contributed by atoms with van der Waals surface area (Å²) >= 11 is 0. The van der Waals surface area contributed by atoms with Crippen molar-refractivity contribution in [3.8, 4) is 5.75 Å². The van der Waals surface area contributed by atoms with Gasteiger partial charge in [-0.15, -0.1) is 0 Å². The summed E-state index contributed by atoms with van der Waals surface area (Å²) in [5.41, 5.74) is 1.84. The van der Waals surface area contributed by atoms with Gasteiger partial charge >= 0.3 is 6.09 Å². The number of rotatable bonds is 7. The molecule has 0 spiro atoms. The van der Waals surface area contributed by atoms with Crippen LogP contribution in [0.25, 0.3) is 0 Å². The Balaban J connectivity index is 2.18. The van der Waals surface area contributed by atoms with Gasteiger partial charge in [-0.05, 0) is 43.2 Å². The van der Waals surface area contributed by atoms with Gasteiger partial charge in [-0.3, -0.25) is 0 Å². The molecule has 1 aliphatic rings. The van der Waals surface area contributed by atoms with Gasteiger partial charge < -0.3 is 19.7 Å². The number of hydrogen-bond acceptors (Lipinski definition) is 5. The van der Waals surface area contributed by atoms with E-state index in [1.54, 1.807) is 0 Å². The zero-order chi connectivity index (χ0) is 21.7. The first-order valence-corrected chi connectivity index (χ1v) is 10.8. The van der Waals surface area contributed by atoms with Crippen LogP contribution < -0.4 is 15.0 Å². The van der Waals surface area contributed by atoms with E-state index in [-0.39, 0.29) is 10.8 Å². The van der Waals surface area contributed by atoms with Gasteiger partial charge in [0.15, 0.2) is 5.75 Å². The lowest BCUT2D eigenvalue weighted by Crippen LogP contribution is -2.37. The SMILES string of the molecule is CCC(C)(C)c1nc(N2CCOCC2)cc(C)c1OC(=O)NCCCC(C)(C)C. The maximum absolute atomic E-state index is 12.5. The van der Waals surface area contributed by atoms with Gasteiger partial charge in [-0.2, -0.15) is 0 Å². The Morgan fingerprint density at radius 3 is 2.48 bits per heavy atom. The summed E-state index contributed by atoms with van der Waals surface area (Å²) in [5.74, 6) is 1.52. The molecule has 0 aromatic carbocycles. The third-order valence-corrected chi connectivity index (χ3v) is 5.57. The number of morpholine rings is 1. The van der Waals surface area contributed by atoms with Crippen LogP contribution in [0.3, 0.4) is 0 Å². The summed E-state index contributed by atoms with van der Waals surface area (Å²) in [4.78, 5) is 19.6. The van der Waals surface area contributed by atoms with E-state index in [9.17, 15) is 4.79 Å². The molecule has 6 nitrogen and oxygen atoms in total. The third kappa shape index (κ3) is 6.88. The molecule has 0 unspecified atom stereocenters. The second kappa shape index (κ2) is 9.79. The number of aryl methyl sites for hydroxylation is 1. The predicted molar refractivity (Wildman–Crippen MR) is 118 cm³/mol. The van der Waals surface area contributed by atoms with E-state index in [1.165, 1.54) is 0 Å². The second-order valence-corrected chi connectivity index (χ2v) is 9.79. The topological polar surface area (TPSA) is 63.7 Å². The van der Waals surface area contributed by atoms with E-state index in [2.05, 4.69) is 51.8 Å². The molecule has 1 amide bonds. The molecule has 2 rings (SSSR count). The molecule has 1 saturated heterocycles. The summed E-state index contributed by atoms with van der Waals surface area (Å²) < 4.78 is 11.3. The van der Waals surface area contributed by atoms with Gasteiger partial charge in [0.2, 0.25) is 0 Å². The van der Waals surface area contributed by atoms with E-state index < -0.39 is 6.09 Å². The van der Waals surface area contributed by atoms with E-state index >= 15 is 0 Å². The minimum Gasteiger partial charge on any atom is -0.408 e. The first kappa shape index (κ1) is 23.5. The van der Waals surface area contributed by atoms with Crippen molar-refractivity contribution in [3.63, 3.8) is 0 Å². The van der Waals surface area contributed by atoms with Gasteiger partial charge in [0.25, 0.3) is 0 Å². The fourth-order valence-corrected chi connectivity index (χ4v) is 3.29. The maximum atomic E-state index is 12.5. The number of amides is 1. The molecule has 0 saturated carbocycles. The predicted octanol–water partition coefficient (Wildman–Crippen LogP) is 4.83. The number of anilines is 1. The Labute approximate surface area is 176 Å². The summed E-state index contributed by atoms with van der Waals surface area (Å²) in [6.45, 7) is 18.7. The molecule has 1 aromatic heterocycles. The van der Waals surface area contributed by atoms with Crippen molar-refractivity contribution in [3.05, 3.63) is 17.3 Å². The molecular weight excluding hydrogens is 366 g/mol. The minimum absolute atomic E-state index is 0.199. The Bertz CT molecular complexity index is 689. The molecular formula is C23H39N3O3. The normalized spacial score (nSPS) is 15.3. The zero-order valence-corrected chi connectivity index (χ0v) is 19.4. The number of nitrogens with zero attached hydrogens (tertiary/aromatic N) is 2. The minimum atomic E-state index is -0.406. The van der Waals surface area contributed by atoms with Crippen LogP contribution in [0.15, 0.2) is 6.07 Å². The van der Waals surface area contributed by atoms with Crippen LogP contribution >= 0.6 is 0 Å². The number of ether oxygens (including phenoxy) is 2. The molecule has 1 fully saturated rings. The van der Waals surface area contributed by atoms with Crippen molar-refractivity contribution in [1.29, 1.82) is 0 Å². The number of carbonyl (C=O) groups excluding carboxylic acids is 1. The van der Waals surface area contributed by atoms with Crippen LogP contribution in [0.5, 0.6) is 5.75 Å². The van der Waals surface area contributed by atoms with Crippen LogP contribution in [0.2, 0.25) is 0 Å². The Hall–Kier alpha value is -1.82. The molecule has 0 bridgehead atoms. The van der Waals surface area contributed by atoms with Crippen LogP contribution in [0.1, 0.15) is 72.1 Å². The van der Waals surface area contributed by atoms with Crippen LogP contribution in [-0.2, 0) is 10.2 Å². The molecule has 0 radical (unpaired) electrons. The number of pyridine rings is 1.